The second kappa shape index (κ2) is 5.23. The SMILES string of the molecule is COC1=C(C)CN2C(=C1C)CSn1c2nc2cc(OC)ccc21. The summed E-state index contributed by atoms with van der Waals surface area (Å²) in [7, 11) is 3.43. The molecule has 0 spiro atoms. The molecule has 0 saturated carbocycles. The van der Waals surface area contributed by atoms with E-state index in [0.29, 0.717) is 0 Å². The lowest BCUT2D eigenvalue weighted by Crippen LogP contribution is -2.35. The summed E-state index contributed by atoms with van der Waals surface area (Å²) in [6.07, 6.45) is 0. The zero-order chi connectivity index (χ0) is 16.1. The van der Waals surface area contributed by atoms with Crippen LogP contribution in [0.3, 0.4) is 0 Å². The van der Waals surface area contributed by atoms with Crippen LogP contribution in [0.4, 0.5) is 5.95 Å². The van der Waals surface area contributed by atoms with Crippen LogP contribution in [0.2, 0.25) is 0 Å². The van der Waals surface area contributed by atoms with Gasteiger partial charge >= 0.3 is 0 Å². The van der Waals surface area contributed by atoms with E-state index in [2.05, 4.69) is 28.8 Å². The maximum Gasteiger partial charge on any atom is 0.221 e. The molecule has 3 heterocycles. The maximum atomic E-state index is 5.58. The summed E-state index contributed by atoms with van der Waals surface area (Å²) >= 11 is 1.78. The Bertz CT molecular complexity index is 866. The highest BCUT2D eigenvalue weighted by atomic mass is 32.2. The fraction of sp³-hybridized carbons (Fsp3) is 0.353. The summed E-state index contributed by atoms with van der Waals surface area (Å²) < 4.78 is 13.1. The van der Waals surface area contributed by atoms with Gasteiger partial charge in [0.15, 0.2) is 0 Å². The van der Waals surface area contributed by atoms with Crippen LogP contribution in [0.5, 0.6) is 5.75 Å². The standard InChI is InChI=1S/C17H19N3O2S/c1-10-8-19-15(11(2)16(10)22-4)9-23-20-14-6-5-12(21-3)7-13(14)18-17(19)20/h5-7H,8-9H2,1-4H3. The number of ether oxygens (including phenoxy) is 2. The topological polar surface area (TPSA) is 39.5 Å². The Balaban J connectivity index is 1.87. The van der Waals surface area contributed by atoms with Gasteiger partial charge < -0.3 is 14.4 Å². The van der Waals surface area contributed by atoms with E-state index in [1.807, 2.05) is 12.1 Å². The third kappa shape index (κ3) is 2.05. The zero-order valence-electron chi connectivity index (χ0n) is 13.7. The summed E-state index contributed by atoms with van der Waals surface area (Å²) in [6.45, 7) is 5.07. The monoisotopic (exact) mass is 329 g/mol. The average Bonchev–Trinajstić information content (AvgIpc) is 2.93. The minimum atomic E-state index is 0.816. The molecule has 0 amide bonds. The molecule has 2 aliphatic rings. The van der Waals surface area contributed by atoms with Crippen molar-refractivity contribution in [2.45, 2.75) is 13.8 Å². The molecule has 0 unspecified atom stereocenters. The Morgan fingerprint density at radius 2 is 2.00 bits per heavy atom. The summed E-state index contributed by atoms with van der Waals surface area (Å²) in [5.74, 6) is 3.74. The van der Waals surface area contributed by atoms with Crippen molar-refractivity contribution in [1.82, 2.24) is 8.96 Å². The van der Waals surface area contributed by atoms with Crippen molar-refractivity contribution in [3.63, 3.8) is 0 Å². The van der Waals surface area contributed by atoms with Gasteiger partial charge in [0.2, 0.25) is 5.95 Å². The summed E-state index contributed by atoms with van der Waals surface area (Å²) in [5, 5.41) is 0. The first-order chi connectivity index (χ1) is 11.1. The number of hydrogen-bond donors (Lipinski definition) is 0. The number of aromatic nitrogens is 2. The van der Waals surface area contributed by atoms with Gasteiger partial charge in [0, 0.05) is 17.3 Å². The molecule has 0 N–H and O–H groups in total. The van der Waals surface area contributed by atoms with Crippen LogP contribution < -0.4 is 9.64 Å². The minimum absolute atomic E-state index is 0.816. The van der Waals surface area contributed by atoms with Crippen LogP contribution in [-0.2, 0) is 4.74 Å². The molecule has 0 radical (unpaired) electrons. The number of methoxy groups -OCH3 is 2. The van der Waals surface area contributed by atoms with E-state index in [1.165, 1.54) is 16.8 Å². The lowest BCUT2D eigenvalue weighted by molar-refractivity contribution is 0.292. The smallest absolute Gasteiger partial charge is 0.221 e. The van der Waals surface area contributed by atoms with Crippen molar-refractivity contribution < 1.29 is 9.47 Å². The van der Waals surface area contributed by atoms with Gasteiger partial charge in [-0.3, -0.25) is 3.97 Å². The lowest BCUT2D eigenvalue weighted by Gasteiger charge is -2.36. The number of benzene rings is 1. The van der Waals surface area contributed by atoms with Crippen molar-refractivity contribution in [3.8, 4) is 5.75 Å². The van der Waals surface area contributed by atoms with Gasteiger partial charge in [-0.1, -0.05) is 0 Å². The Morgan fingerprint density at radius 3 is 2.74 bits per heavy atom. The summed E-state index contributed by atoms with van der Waals surface area (Å²) in [4.78, 5) is 7.16. The van der Waals surface area contributed by atoms with Gasteiger partial charge in [0.05, 0.1) is 37.6 Å². The number of fused-ring (bicyclic) bond motifs is 5. The highest BCUT2D eigenvalue weighted by Crippen LogP contribution is 2.41. The third-order valence-corrected chi connectivity index (χ3v) is 5.48. The fourth-order valence-electron chi connectivity index (χ4n) is 3.34. The van der Waals surface area contributed by atoms with Gasteiger partial charge in [-0.2, -0.15) is 0 Å². The quantitative estimate of drug-likeness (QED) is 0.842. The maximum absolute atomic E-state index is 5.58. The molecule has 0 atom stereocenters. The largest absolute Gasteiger partial charge is 0.497 e. The molecule has 0 saturated heterocycles. The predicted molar refractivity (Wildman–Crippen MR) is 93.9 cm³/mol. The van der Waals surface area contributed by atoms with Crippen LogP contribution >= 0.6 is 11.9 Å². The Morgan fingerprint density at radius 1 is 1.17 bits per heavy atom. The molecular weight excluding hydrogens is 310 g/mol. The number of nitrogens with zero attached hydrogens (tertiary/aromatic N) is 3. The van der Waals surface area contributed by atoms with Crippen LogP contribution in [-0.4, -0.2) is 35.5 Å². The van der Waals surface area contributed by atoms with Crippen molar-refractivity contribution in [3.05, 3.63) is 40.8 Å². The number of anilines is 1. The number of hydrogen-bond acceptors (Lipinski definition) is 5. The molecule has 1 aromatic carbocycles. The first-order valence-corrected chi connectivity index (χ1v) is 8.49. The molecule has 0 aliphatic carbocycles. The van der Waals surface area contributed by atoms with Crippen molar-refractivity contribution in [1.29, 1.82) is 0 Å². The van der Waals surface area contributed by atoms with E-state index in [1.54, 1.807) is 26.2 Å². The minimum Gasteiger partial charge on any atom is -0.497 e. The molecule has 120 valence electrons. The Kier molecular flexibility index (Phi) is 3.30. The molecule has 0 bridgehead atoms. The molecule has 4 rings (SSSR count). The average molecular weight is 329 g/mol. The van der Waals surface area contributed by atoms with E-state index in [4.69, 9.17) is 14.5 Å². The van der Waals surface area contributed by atoms with Crippen molar-refractivity contribution >= 4 is 28.9 Å². The third-order valence-electron chi connectivity index (χ3n) is 4.46. The summed E-state index contributed by atoms with van der Waals surface area (Å²) in [5.41, 5.74) is 5.82. The second-order valence-corrected chi connectivity index (χ2v) is 6.72. The molecular formula is C17H19N3O2S. The number of imidazole rings is 1. The molecule has 6 heteroatoms. The van der Waals surface area contributed by atoms with Crippen LogP contribution in [0.15, 0.2) is 40.8 Å². The van der Waals surface area contributed by atoms with Gasteiger partial charge in [-0.05, 0) is 43.5 Å². The van der Waals surface area contributed by atoms with E-state index >= 15 is 0 Å². The van der Waals surface area contributed by atoms with Gasteiger partial charge in [0.1, 0.15) is 11.5 Å². The molecule has 5 nitrogen and oxygen atoms in total. The lowest BCUT2D eigenvalue weighted by atomic mass is 10.0. The first kappa shape index (κ1) is 14.5. The molecule has 0 fully saturated rings. The molecule has 1 aromatic heterocycles. The summed E-state index contributed by atoms with van der Waals surface area (Å²) in [6, 6.07) is 6.05. The fourth-order valence-corrected chi connectivity index (χ4v) is 4.51. The van der Waals surface area contributed by atoms with Crippen LogP contribution in [0, 0.1) is 0 Å². The highest BCUT2D eigenvalue weighted by molar-refractivity contribution is 7.98. The second-order valence-electron chi connectivity index (χ2n) is 5.81. The van der Waals surface area contributed by atoms with Crippen LogP contribution in [0.1, 0.15) is 13.8 Å². The number of allylic oxidation sites excluding steroid dienone is 1. The zero-order valence-corrected chi connectivity index (χ0v) is 14.5. The van der Waals surface area contributed by atoms with E-state index in [0.717, 1.165) is 40.8 Å². The normalized spacial score (nSPS) is 17.5. The van der Waals surface area contributed by atoms with Gasteiger partial charge in [-0.15, -0.1) is 0 Å². The number of rotatable bonds is 2. The highest BCUT2D eigenvalue weighted by Gasteiger charge is 2.32. The first-order valence-electron chi connectivity index (χ1n) is 7.55. The molecule has 2 aromatic rings. The predicted octanol–water partition coefficient (Wildman–Crippen LogP) is 3.57. The van der Waals surface area contributed by atoms with Crippen molar-refractivity contribution in [2.75, 3.05) is 31.4 Å². The van der Waals surface area contributed by atoms with Crippen LogP contribution in [0.25, 0.3) is 11.0 Å². The molecule has 2 aliphatic heterocycles. The Hall–Kier alpha value is -2.08. The van der Waals surface area contributed by atoms with E-state index < -0.39 is 0 Å². The van der Waals surface area contributed by atoms with Gasteiger partial charge in [-0.25, -0.2) is 4.98 Å². The molecule has 23 heavy (non-hydrogen) atoms. The van der Waals surface area contributed by atoms with E-state index in [9.17, 15) is 0 Å². The van der Waals surface area contributed by atoms with Crippen molar-refractivity contribution in [2.24, 2.45) is 0 Å². The Labute approximate surface area is 139 Å². The van der Waals surface area contributed by atoms with E-state index in [-0.39, 0.29) is 0 Å². The van der Waals surface area contributed by atoms with Gasteiger partial charge in [0.25, 0.3) is 0 Å².